The highest BCUT2D eigenvalue weighted by atomic mass is 35.5. The molecule has 3 aromatic rings. The lowest BCUT2D eigenvalue weighted by Gasteiger charge is -2.13. The second-order valence-corrected chi connectivity index (χ2v) is 7.91. The molecule has 2 aromatic heterocycles. The van der Waals surface area contributed by atoms with Crippen molar-refractivity contribution in [1.29, 1.82) is 0 Å². The minimum Gasteiger partial charge on any atom is -0.481 e. The van der Waals surface area contributed by atoms with Crippen molar-refractivity contribution in [2.75, 3.05) is 17.7 Å². The highest BCUT2D eigenvalue weighted by molar-refractivity contribution is 6.31. The van der Waals surface area contributed by atoms with Gasteiger partial charge < -0.3 is 15.4 Å². The third kappa shape index (κ3) is 6.08. The highest BCUT2D eigenvalue weighted by Gasteiger charge is 2.10. The molecule has 0 bridgehead atoms. The number of carbonyl (C=O) groups is 1. The van der Waals surface area contributed by atoms with Crippen molar-refractivity contribution in [3.05, 3.63) is 82.7 Å². The zero-order valence-electron chi connectivity index (χ0n) is 18.5. The number of hydrogen-bond acceptors (Lipinski definition) is 5. The quantitative estimate of drug-likeness (QED) is 0.403. The summed E-state index contributed by atoms with van der Waals surface area (Å²) in [5.74, 6) is 1.02. The van der Waals surface area contributed by atoms with E-state index in [1.54, 1.807) is 13.3 Å². The van der Waals surface area contributed by atoms with Crippen LogP contribution in [-0.2, 0) is 17.6 Å². The van der Waals surface area contributed by atoms with E-state index < -0.39 is 0 Å². The lowest BCUT2D eigenvalue weighted by Crippen LogP contribution is -2.10. The maximum atomic E-state index is 11.8. The van der Waals surface area contributed by atoms with Gasteiger partial charge in [0.15, 0.2) is 0 Å². The number of nitrogens with one attached hydrogen (secondary N) is 2. The Morgan fingerprint density at radius 3 is 2.72 bits per heavy atom. The lowest BCUT2D eigenvalue weighted by molar-refractivity contribution is -0.111. The molecular formula is C25H27ClN4O2. The van der Waals surface area contributed by atoms with Crippen LogP contribution in [-0.4, -0.2) is 23.0 Å². The SMILES string of the molecule is C=CC(=O)Nc1cc(C)ccc1CCCc1nc(Nc2cc(OC)ncc2C)ccc1Cl. The Morgan fingerprint density at radius 2 is 1.97 bits per heavy atom. The summed E-state index contributed by atoms with van der Waals surface area (Å²) in [6.07, 6.45) is 5.34. The Morgan fingerprint density at radius 1 is 1.16 bits per heavy atom. The molecule has 166 valence electrons. The molecule has 0 fully saturated rings. The van der Waals surface area contributed by atoms with E-state index in [4.69, 9.17) is 21.3 Å². The molecule has 0 saturated carbocycles. The number of pyridine rings is 2. The third-order valence-corrected chi connectivity index (χ3v) is 5.38. The first-order chi connectivity index (χ1) is 15.4. The van der Waals surface area contributed by atoms with Crippen molar-refractivity contribution in [3.8, 4) is 5.88 Å². The number of methoxy groups -OCH3 is 1. The first-order valence-electron chi connectivity index (χ1n) is 10.4. The average molecular weight is 451 g/mol. The van der Waals surface area contributed by atoms with Crippen molar-refractivity contribution < 1.29 is 9.53 Å². The number of anilines is 3. The standard InChI is InChI=1S/C25H27ClN4O2/c1-5-24(31)30-22-13-16(2)9-10-18(22)7-6-8-20-19(26)11-12-23(28-20)29-21-14-25(32-4)27-15-17(21)3/h5,9-15H,1,6-8H2,2-4H3,(H,30,31)(H,27,28,29). The van der Waals surface area contributed by atoms with Gasteiger partial charge in [-0.05, 0) is 74.1 Å². The van der Waals surface area contributed by atoms with Crippen LogP contribution in [0.1, 0.15) is 28.8 Å². The maximum Gasteiger partial charge on any atom is 0.247 e. The smallest absolute Gasteiger partial charge is 0.247 e. The van der Waals surface area contributed by atoms with Crippen LogP contribution < -0.4 is 15.4 Å². The van der Waals surface area contributed by atoms with E-state index in [9.17, 15) is 4.79 Å². The van der Waals surface area contributed by atoms with E-state index >= 15 is 0 Å². The fraction of sp³-hybridized carbons (Fsp3) is 0.240. The number of rotatable bonds is 9. The van der Waals surface area contributed by atoms with Crippen LogP contribution in [0.15, 0.2) is 55.3 Å². The van der Waals surface area contributed by atoms with E-state index in [0.717, 1.165) is 46.6 Å². The first kappa shape index (κ1) is 23.3. The highest BCUT2D eigenvalue weighted by Crippen LogP contribution is 2.26. The minimum absolute atomic E-state index is 0.219. The number of hydrogen-bond donors (Lipinski definition) is 2. The minimum atomic E-state index is -0.219. The Balaban J connectivity index is 1.70. The van der Waals surface area contributed by atoms with Gasteiger partial charge in [0.05, 0.1) is 17.8 Å². The van der Waals surface area contributed by atoms with Crippen LogP contribution in [0, 0.1) is 13.8 Å². The van der Waals surface area contributed by atoms with Gasteiger partial charge in [0.1, 0.15) is 5.82 Å². The van der Waals surface area contributed by atoms with Gasteiger partial charge in [-0.3, -0.25) is 4.79 Å². The first-order valence-corrected chi connectivity index (χ1v) is 10.7. The molecule has 2 N–H and O–H groups in total. The van der Waals surface area contributed by atoms with Crippen molar-refractivity contribution in [2.45, 2.75) is 33.1 Å². The van der Waals surface area contributed by atoms with Gasteiger partial charge in [-0.2, -0.15) is 0 Å². The van der Waals surface area contributed by atoms with E-state index in [1.807, 2.05) is 50.2 Å². The predicted octanol–water partition coefficient (Wildman–Crippen LogP) is 5.80. The number of aryl methyl sites for hydroxylation is 4. The van der Waals surface area contributed by atoms with Crippen molar-refractivity contribution in [1.82, 2.24) is 9.97 Å². The van der Waals surface area contributed by atoms with Crippen LogP contribution in [0.4, 0.5) is 17.2 Å². The van der Waals surface area contributed by atoms with Crippen molar-refractivity contribution >= 4 is 34.7 Å². The molecule has 0 atom stereocenters. The van der Waals surface area contributed by atoms with Crippen LogP contribution in [0.2, 0.25) is 5.02 Å². The zero-order chi connectivity index (χ0) is 23.1. The van der Waals surface area contributed by atoms with Gasteiger partial charge in [0, 0.05) is 23.6 Å². The summed E-state index contributed by atoms with van der Waals surface area (Å²) in [5.41, 5.74) is 5.64. The summed E-state index contributed by atoms with van der Waals surface area (Å²) in [7, 11) is 1.59. The van der Waals surface area contributed by atoms with Gasteiger partial charge in [0.25, 0.3) is 0 Å². The van der Waals surface area contributed by atoms with Gasteiger partial charge in [-0.15, -0.1) is 0 Å². The monoisotopic (exact) mass is 450 g/mol. The fourth-order valence-corrected chi connectivity index (χ4v) is 3.47. The van der Waals surface area contributed by atoms with Crippen LogP contribution in [0.5, 0.6) is 5.88 Å². The summed E-state index contributed by atoms with van der Waals surface area (Å²) >= 11 is 6.41. The molecule has 0 aliphatic heterocycles. The molecule has 2 heterocycles. The molecule has 0 saturated heterocycles. The average Bonchev–Trinajstić information content (AvgIpc) is 2.78. The van der Waals surface area contributed by atoms with E-state index in [1.165, 1.54) is 6.08 Å². The summed E-state index contributed by atoms with van der Waals surface area (Å²) in [4.78, 5) is 20.7. The fourth-order valence-electron chi connectivity index (χ4n) is 3.27. The number of amides is 1. The second-order valence-electron chi connectivity index (χ2n) is 7.50. The maximum absolute atomic E-state index is 11.8. The summed E-state index contributed by atoms with van der Waals surface area (Å²) in [5, 5.41) is 6.84. The molecular weight excluding hydrogens is 424 g/mol. The molecule has 0 aliphatic carbocycles. The van der Waals surface area contributed by atoms with E-state index in [2.05, 4.69) is 22.2 Å². The molecule has 1 amide bonds. The molecule has 0 spiro atoms. The largest absolute Gasteiger partial charge is 0.481 e. The van der Waals surface area contributed by atoms with Gasteiger partial charge >= 0.3 is 0 Å². The summed E-state index contributed by atoms with van der Waals surface area (Å²) in [6.45, 7) is 7.49. The van der Waals surface area contributed by atoms with Crippen molar-refractivity contribution in [3.63, 3.8) is 0 Å². The predicted molar refractivity (Wildman–Crippen MR) is 130 cm³/mol. The molecule has 32 heavy (non-hydrogen) atoms. The van der Waals surface area contributed by atoms with Gasteiger partial charge in [0.2, 0.25) is 11.8 Å². The van der Waals surface area contributed by atoms with Gasteiger partial charge in [-0.1, -0.05) is 30.3 Å². The summed E-state index contributed by atoms with van der Waals surface area (Å²) in [6, 6.07) is 11.6. The lowest BCUT2D eigenvalue weighted by atomic mass is 10.0. The number of nitrogens with zero attached hydrogens (tertiary/aromatic N) is 2. The second kappa shape index (κ2) is 10.8. The molecule has 3 rings (SSSR count). The number of ether oxygens (including phenoxy) is 1. The Labute approximate surface area is 193 Å². The number of carbonyl (C=O) groups excluding carboxylic acids is 1. The van der Waals surface area contributed by atoms with Gasteiger partial charge in [-0.25, -0.2) is 9.97 Å². The number of benzene rings is 1. The normalized spacial score (nSPS) is 10.5. The van der Waals surface area contributed by atoms with E-state index in [0.29, 0.717) is 23.1 Å². The summed E-state index contributed by atoms with van der Waals surface area (Å²) < 4.78 is 5.21. The third-order valence-electron chi connectivity index (χ3n) is 5.04. The molecule has 0 aliphatic rings. The van der Waals surface area contributed by atoms with Crippen LogP contribution in [0.3, 0.4) is 0 Å². The van der Waals surface area contributed by atoms with Crippen LogP contribution in [0.25, 0.3) is 0 Å². The molecule has 7 heteroatoms. The number of aromatic nitrogens is 2. The van der Waals surface area contributed by atoms with Crippen LogP contribution >= 0.6 is 11.6 Å². The Bertz CT molecular complexity index is 1130. The number of halogens is 1. The van der Waals surface area contributed by atoms with Crippen molar-refractivity contribution in [2.24, 2.45) is 0 Å². The topological polar surface area (TPSA) is 76.1 Å². The molecule has 6 nitrogen and oxygen atoms in total. The Hall–Kier alpha value is -3.38. The molecule has 1 aromatic carbocycles. The Kier molecular flexibility index (Phi) is 7.84. The zero-order valence-corrected chi connectivity index (χ0v) is 19.3. The molecule has 0 radical (unpaired) electrons. The van der Waals surface area contributed by atoms with E-state index in [-0.39, 0.29) is 5.91 Å². The molecule has 0 unspecified atom stereocenters.